The zero-order valence-electron chi connectivity index (χ0n) is 11.2. The van der Waals surface area contributed by atoms with E-state index >= 15 is 0 Å². The number of carbonyl (C=O) groups is 1. The minimum Gasteiger partial charge on any atom is -0.493 e. The van der Waals surface area contributed by atoms with E-state index in [1.54, 1.807) is 35.8 Å². The molecule has 0 radical (unpaired) electrons. The molecular weight excluding hydrogens is 272 g/mol. The van der Waals surface area contributed by atoms with E-state index in [0.29, 0.717) is 17.9 Å². The predicted molar refractivity (Wildman–Crippen MR) is 81.6 cm³/mol. The maximum atomic E-state index is 12.1. The third kappa shape index (κ3) is 3.93. The minimum absolute atomic E-state index is 0.274. The summed E-state index contributed by atoms with van der Waals surface area (Å²) < 4.78 is 5.55. The molecule has 0 unspecified atom stereocenters. The van der Waals surface area contributed by atoms with Crippen molar-refractivity contribution in [3.8, 4) is 5.75 Å². The van der Waals surface area contributed by atoms with Crippen molar-refractivity contribution in [1.29, 1.82) is 0 Å². The molecule has 1 heterocycles. The summed E-state index contributed by atoms with van der Waals surface area (Å²) in [6, 6.07) is 11.0. The maximum absolute atomic E-state index is 12.1. The molecule has 2 aromatic rings. The first kappa shape index (κ1) is 14.3. The number of hydrazone groups is 1. The first-order chi connectivity index (χ1) is 9.81. The maximum Gasteiger partial charge on any atom is 0.275 e. The van der Waals surface area contributed by atoms with E-state index in [2.05, 4.69) is 10.5 Å². The molecule has 0 aliphatic rings. The number of hydrogen-bond donors (Lipinski definition) is 1. The molecule has 0 saturated carbocycles. The van der Waals surface area contributed by atoms with E-state index < -0.39 is 0 Å². The number of amides is 1. The number of hydrogen-bond acceptors (Lipinski definition) is 4. The summed E-state index contributed by atoms with van der Waals surface area (Å²) in [5.74, 6) is 0.308. The van der Waals surface area contributed by atoms with Crippen LogP contribution < -0.4 is 10.2 Å². The highest BCUT2D eigenvalue weighted by molar-refractivity contribution is 7.11. The molecule has 5 heteroatoms. The lowest BCUT2D eigenvalue weighted by molar-refractivity contribution is 0.0951. The van der Waals surface area contributed by atoms with Gasteiger partial charge in [-0.2, -0.15) is 5.10 Å². The summed E-state index contributed by atoms with van der Waals surface area (Å²) in [6.45, 7) is 2.61. The molecule has 0 spiro atoms. The van der Waals surface area contributed by atoms with Crippen LogP contribution in [0.5, 0.6) is 5.75 Å². The number of ether oxygens (including phenoxy) is 1. The van der Waals surface area contributed by atoms with Gasteiger partial charge in [0.05, 0.1) is 18.4 Å². The highest BCUT2D eigenvalue weighted by Crippen LogP contribution is 2.17. The Balaban J connectivity index is 2.01. The Labute approximate surface area is 122 Å². The third-order valence-corrected chi connectivity index (χ3v) is 3.30. The van der Waals surface area contributed by atoms with Crippen LogP contribution >= 0.6 is 11.3 Å². The predicted octanol–water partition coefficient (Wildman–Crippen LogP) is 3.30. The van der Waals surface area contributed by atoms with Crippen LogP contribution in [0.15, 0.2) is 46.9 Å². The minimum atomic E-state index is -0.274. The normalized spacial score (nSPS) is 10.7. The third-order valence-electron chi connectivity index (χ3n) is 2.49. The molecule has 20 heavy (non-hydrogen) atoms. The van der Waals surface area contributed by atoms with Crippen molar-refractivity contribution >= 4 is 23.5 Å². The summed E-state index contributed by atoms with van der Waals surface area (Å²) in [7, 11) is 0. The highest BCUT2D eigenvalue weighted by atomic mass is 32.1. The first-order valence-electron chi connectivity index (χ1n) is 6.40. The van der Waals surface area contributed by atoms with Crippen molar-refractivity contribution < 1.29 is 9.53 Å². The van der Waals surface area contributed by atoms with Crippen LogP contribution in [0.3, 0.4) is 0 Å². The van der Waals surface area contributed by atoms with Gasteiger partial charge in [0.1, 0.15) is 5.75 Å². The number of carbonyl (C=O) groups excluding carboxylic acids is 1. The van der Waals surface area contributed by atoms with E-state index in [0.717, 1.165) is 11.3 Å². The van der Waals surface area contributed by atoms with Gasteiger partial charge in [0, 0.05) is 4.88 Å². The second-order valence-electron chi connectivity index (χ2n) is 4.06. The van der Waals surface area contributed by atoms with Crippen LogP contribution in [0.25, 0.3) is 0 Å². The largest absolute Gasteiger partial charge is 0.493 e. The van der Waals surface area contributed by atoms with Gasteiger partial charge in [-0.15, -0.1) is 11.3 Å². The van der Waals surface area contributed by atoms with Crippen LogP contribution in [0.2, 0.25) is 0 Å². The molecule has 0 saturated heterocycles. The van der Waals surface area contributed by atoms with Gasteiger partial charge in [-0.1, -0.05) is 25.1 Å². The summed E-state index contributed by atoms with van der Waals surface area (Å²) in [6.07, 6.45) is 2.52. The smallest absolute Gasteiger partial charge is 0.275 e. The average molecular weight is 288 g/mol. The lowest BCUT2D eigenvalue weighted by atomic mass is 10.2. The summed E-state index contributed by atoms with van der Waals surface area (Å²) in [4.78, 5) is 13.0. The van der Waals surface area contributed by atoms with E-state index in [4.69, 9.17) is 4.74 Å². The quantitative estimate of drug-likeness (QED) is 0.655. The Bertz CT molecular complexity index is 579. The van der Waals surface area contributed by atoms with Crippen molar-refractivity contribution in [3.63, 3.8) is 0 Å². The van der Waals surface area contributed by atoms with Crippen LogP contribution in [0, 0.1) is 0 Å². The SMILES string of the molecule is CCCOc1ccccc1C(=O)N/N=C/c1cccs1. The summed E-state index contributed by atoms with van der Waals surface area (Å²) in [5, 5.41) is 5.90. The molecule has 0 aliphatic carbocycles. The second-order valence-corrected chi connectivity index (χ2v) is 5.04. The molecule has 0 atom stereocenters. The van der Waals surface area contributed by atoms with E-state index in [1.165, 1.54) is 0 Å². The fourth-order valence-electron chi connectivity index (χ4n) is 1.57. The Kier molecular flexibility index (Phi) is 5.32. The molecule has 4 nitrogen and oxygen atoms in total. The molecular formula is C15H16N2O2S. The molecule has 0 fully saturated rings. The van der Waals surface area contributed by atoms with Crippen molar-refractivity contribution in [3.05, 3.63) is 52.2 Å². The number of rotatable bonds is 6. The fraction of sp³-hybridized carbons (Fsp3) is 0.200. The molecule has 1 amide bonds. The molecule has 1 aromatic heterocycles. The molecule has 2 rings (SSSR count). The van der Waals surface area contributed by atoms with Gasteiger partial charge in [-0.25, -0.2) is 5.43 Å². The van der Waals surface area contributed by atoms with Gasteiger partial charge >= 0.3 is 0 Å². The monoisotopic (exact) mass is 288 g/mol. The highest BCUT2D eigenvalue weighted by Gasteiger charge is 2.10. The van der Waals surface area contributed by atoms with E-state index in [-0.39, 0.29) is 5.91 Å². The number of para-hydroxylation sites is 1. The van der Waals surface area contributed by atoms with E-state index in [1.807, 2.05) is 30.5 Å². The van der Waals surface area contributed by atoms with Crippen molar-refractivity contribution in [2.75, 3.05) is 6.61 Å². The summed E-state index contributed by atoms with van der Waals surface area (Å²) >= 11 is 1.56. The lowest BCUT2D eigenvalue weighted by Gasteiger charge is -2.09. The van der Waals surface area contributed by atoms with Crippen LogP contribution in [0.4, 0.5) is 0 Å². The van der Waals surface area contributed by atoms with Crippen LogP contribution in [0.1, 0.15) is 28.6 Å². The molecule has 0 bridgehead atoms. The fourth-order valence-corrected chi connectivity index (χ4v) is 2.16. The Hall–Kier alpha value is -2.14. The molecule has 0 aliphatic heterocycles. The Morgan fingerprint density at radius 3 is 2.95 bits per heavy atom. The topological polar surface area (TPSA) is 50.7 Å². The molecule has 104 valence electrons. The number of nitrogens with zero attached hydrogens (tertiary/aromatic N) is 1. The Morgan fingerprint density at radius 2 is 2.20 bits per heavy atom. The van der Waals surface area contributed by atoms with Gasteiger partial charge in [0.25, 0.3) is 5.91 Å². The van der Waals surface area contributed by atoms with Gasteiger partial charge < -0.3 is 4.74 Å². The van der Waals surface area contributed by atoms with Gasteiger partial charge in [0.2, 0.25) is 0 Å². The zero-order chi connectivity index (χ0) is 14.2. The van der Waals surface area contributed by atoms with Crippen LogP contribution in [-0.2, 0) is 0 Å². The number of nitrogens with one attached hydrogen (secondary N) is 1. The molecule has 1 N–H and O–H groups in total. The number of benzene rings is 1. The average Bonchev–Trinajstić information content (AvgIpc) is 2.98. The van der Waals surface area contributed by atoms with Gasteiger partial charge in [-0.05, 0) is 30.0 Å². The van der Waals surface area contributed by atoms with Crippen molar-refractivity contribution in [2.24, 2.45) is 5.10 Å². The number of thiophene rings is 1. The molecule has 1 aromatic carbocycles. The van der Waals surface area contributed by atoms with Crippen molar-refractivity contribution in [1.82, 2.24) is 5.43 Å². The van der Waals surface area contributed by atoms with Crippen molar-refractivity contribution in [2.45, 2.75) is 13.3 Å². The summed E-state index contributed by atoms with van der Waals surface area (Å²) in [5.41, 5.74) is 3.00. The first-order valence-corrected chi connectivity index (χ1v) is 7.28. The Morgan fingerprint density at radius 1 is 1.35 bits per heavy atom. The van der Waals surface area contributed by atoms with Crippen LogP contribution in [-0.4, -0.2) is 18.7 Å². The lowest BCUT2D eigenvalue weighted by Crippen LogP contribution is -2.18. The van der Waals surface area contributed by atoms with Gasteiger partial charge in [0.15, 0.2) is 0 Å². The second kappa shape index (κ2) is 7.45. The van der Waals surface area contributed by atoms with Gasteiger partial charge in [-0.3, -0.25) is 4.79 Å². The standard InChI is InChI=1S/C15H16N2O2S/c1-2-9-19-14-8-4-3-7-13(14)15(18)17-16-11-12-6-5-10-20-12/h3-8,10-11H,2,9H2,1H3,(H,17,18)/b16-11+. The van der Waals surface area contributed by atoms with E-state index in [9.17, 15) is 4.79 Å². The zero-order valence-corrected chi connectivity index (χ0v) is 12.0.